The molecule has 0 bridgehead atoms. The van der Waals surface area contributed by atoms with E-state index in [0.717, 1.165) is 0 Å². The molecule has 2 aromatic rings. The first-order valence-electron chi connectivity index (χ1n) is 11.1. The lowest BCUT2D eigenvalue weighted by Gasteiger charge is -2.21. The number of aliphatic carboxylic acids is 1. The molecule has 0 radical (unpaired) electrons. The Kier molecular flexibility index (Phi) is 9.00. The molecule has 0 saturated carbocycles. The van der Waals surface area contributed by atoms with E-state index in [1.165, 1.54) is 25.0 Å². The Labute approximate surface area is 198 Å². The Morgan fingerprint density at radius 3 is 2.06 bits per heavy atom. The second-order valence-corrected chi connectivity index (χ2v) is 9.02. The van der Waals surface area contributed by atoms with E-state index < -0.39 is 29.6 Å². The molecule has 1 aromatic heterocycles. The van der Waals surface area contributed by atoms with Crippen molar-refractivity contribution >= 4 is 11.9 Å². The molecule has 10 heteroatoms. The largest absolute Gasteiger partial charge is 0.493 e. The van der Waals surface area contributed by atoms with Gasteiger partial charge in [0.15, 0.2) is 28.8 Å². The fraction of sp³-hybridized carbons (Fsp3) is 0.542. The van der Waals surface area contributed by atoms with Gasteiger partial charge in [-0.1, -0.05) is 27.7 Å². The quantitative estimate of drug-likeness (QED) is 0.483. The zero-order chi connectivity index (χ0) is 25.7. The summed E-state index contributed by atoms with van der Waals surface area (Å²) in [5.74, 6) is -3.74. The molecule has 1 heterocycles. The second kappa shape index (κ2) is 11.3. The summed E-state index contributed by atoms with van der Waals surface area (Å²) >= 11 is 0. The third-order valence-corrected chi connectivity index (χ3v) is 5.64. The van der Waals surface area contributed by atoms with E-state index in [1.54, 1.807) is 0 Å². The number of rotatable bonds is 11. The van der Waals surface area contributed by atoms with Crippen LogP contribution in [-0.4, -0.2) is 47.0 Å². The highest BCUT2D eigenvalue weighted by molar-refractivity contribution is 5.94. The van der Waals surface area contributed by atoms with E-state index in [0.29, 0.717) is 12.5 Å². The minimum Gasteiger partial charge on any atom is -0.493 e. The summed E-state index contributed by atoms with van der Waals surface area (Å²) in [6.07, 6.45) is 0.224. The lowest BCUT2D eigenvalue weighted by Crippen LogP contribution is -2.37. The van der Waals surface area contributed by atoms with Crippen molar-refractivity contribution in [2.45, 2.75) is 59.5 Å². The van der Waals surface area contributed by atoms with Gasteiger partial charge in [0.1, 0.15) is 0 Å². The van der Waals surface area contributed by atoms with Crippen LogP contribution in [0.3, 0.4) is 0 Å². The minimum absolute atomic E-state index is 0.00850. The molecule has 0 aliphatic carbocycles. The number of carboxylic acid groups (broad SMARTS) is 1. The van der Waals surface area contributed by atoms with Gasteiger partial charge < -0.3 is 19.9 Å². The molecule has 0 fully saturated rings. The third-order valence-electron chi connectivity index (χ3n) is 5.64. The fourth-order valence-electron chi connectivity index (χ4n) is 3.73. The SMILES string of the molecule is COc1c(F)cc(F)c(OC)c1-c1cc(C(=O)N[C@H](CC(=O)O)CC(C)C)nn1C(C)C(C)C. The second-order valence-electron chi connectivity index (χ2n) is 9.02. The van der Waals surface area contributed by atoms with Crippen LogP contribution < -0.4 is 14.8 Å². The molecular weight excluding hydrogens is 448 g/mol. The van der Waals surface area contributed by atoms with Gasteiger partial charge in [-0.3, -0.25) is 14.3 Å². The van der Waals surface area contributed by atoms with Crippen molar-refractivity contribution in [1.82, 2.24) is 15.1 Å². The molecule has 1 aromatic carbocycles. The Bertz CT molecular complexity index is 1010. The van der Waals surface area contributed by atoms with Crippen LogP contribution >= 0.6 is 0 Å². The molecule has 2 atom stereocenters. The summed E-state index contributed by atoms with van der Waals surface area (Å²) in [4.78, 5) is 24.3. The van der Waals surface area contributed by atoms with Crippen LogP contribution in [0.15, 0.2) is 12.1 Å². The molecule has 8 nitrogen and oxygen atoms in total. The lowest BCUT2D eigenvalue weighted by atomic mass is 10.0. The van der Waals surface area contributed by atoms with Crippen molar-refractivity contribution < 1.29 is 33.0 Å². The maximum absolute atomic E-state index is 14.6. The summed E-state index contributed by atoms with van der Waals surface area (Å²) in [5, 5.41) is 16.4. The standard InChI is InChI=1S/C24H33F2N3O5/c1-12(2)8-15(9-20(30)31)27-24(32)18-11-19(29(28-18)14(5)13(3)4)21-22(33-6)16(25)10-17(26)23(21)34-7/h10-15H,8-9H2,1-7H3,(H,27,32)(H,30,31)/t14?,15-/m0/s1. The summed E-state index contributed by atoms with van der Waals surface area (Å²) in [6.45, 7) is 9.61. The fourth-order valence-corrected chi connectivity index (χ4v) is 3.73. The monoisotopic (exact) mass is 481 g/mol. The highest BCUT2D eigenvalue weighted by atomic mass is 19.1. The first-order chi connectivity index (χ1) is 15.9. The molecule has 34 heavy (non-hydrogen) atoms. The van der Waals surface area contributed by atoms with Crippen molar-refractivity contribution in [3.63, 3.8) is 0 Å². The molecule has 188 valence electrons. The zero-order valence-corrected chi connectivity index (χ0v) is 20.6. The Morgan fingerprint density at radius 1 is 1.06 bits per heavy atom. The number of hydrogen-bond acceptors (Lipinski definition) is 5. The zero-order valence-electron chi connectivity index (χ0n) is 20.6. The van der Waals surface area contributed by atoms with Crippen LogP contribution in [0.5, 0.6) is 11.5 Å². The number of nitrogens with zero attached hydrogens (tertiary/aromatic N) is 2. The number of amides is 1. The predicted octanol–water partition coefficient (Wildman–Crippen LogP) is 4.68. The Morgan fingerprint density at radius 2 is 1.62 bits per heavy atom. The molecule has 2 N–H and O–H groups in total. The highest BCUT2D eigenvalue weighted by Gasteiger charge is 2.29. The average molecular weight is 482 g/mol. The van der Waals surface area contributed by atoms with E-state index in [-0.39, 0.29) is 52.7 Å². The van der Waals surface area contributed by atoms with Crippen LogP contribution in [-0.2, 0) is 4.79 Å². The van der Waals surface area contributed by atoms with Crippen LogP contribution in [0.1, 0.15) is 64.0 Å². The van der Waals surface area contributed by atoms with E-state index in [9.17, 15) is 23.5 Å². The summed E-state index contributed by atoms with van der Waals surface area (Å²) in [7, 11) is 2.50. The molecule has 0 aliphatic heterocycles. The lowest BCUT2D eigenvalue weighted by molar-refractivity contribution is -0.137. The van der Waals surface area contributed by atoms with Gasteiger partial charge in [-0.15, -0.1) is 0 Å². The van der Waals surface area contributed by atoms with Gasteiger partial charge >= 0.3 is 5.97 Å². The maximum Gasteiger partial charge on any atom is 0.305 e. The Balaban J connectivity index is 2.65. The highest BCUT2D eigenvalue weighted by Crippen LogP contribution is 2.43. The maximum atomic E-state index is 14.6. The molecule has 0 saturated heterocycles. The van der Waals surface area contributed by atoms with Gasteiger partial charge in [-0.05, 0) is 31.2 Å². The summed E-state index contributed by atoms with van der Waals surface area (Å²) in [6, 6.07) is 1.21. The number of ether oxygens (including phenoxy) is 2. The van der Waals surface area contributed by atoms with E-state index in [1.807, 2.05) is 34.6 Å². The van der Waals surface area contributed by atoms with Crippen molar-refractivity contribution in [1.29, 1.82) is 0 Å². The topological polar surface area (TPSA) is 103 Å². The normalized spacial score (nSPS) is 13.1. The number of halogens is 2. The van der Waals surface area contributed by atoms with Gasteiger partial charge in [0.05, 0.1) is 37.9 Å². The van der Waals surface area contributed by atoms with E-state index in [4.69, 9.17) is 9.47 Å². The number of methoxy groups -OCH3 is 2. The average Bonchev–Trinajstić information content (AvgIpc) is 3.16. The molecule has 0 spiro atoms. The van der Waals surface area contributed by atoms with Crippen LogP contribution in [0.25, 0.3) is 11.3 Å². The van der Waals surface area contributed by atoms with Crippen LogP contribution in [0, 0.1) is 23.5 Å². The first-order valence-corrected chi connectivity index (χ1v) is 11.1. The van der Waals surface area contributed by atoms with Crippen LogP contribution in [0.4, 0.5) is 8.78 Å². The predicted molar refractivity (Wildman–Crippen MR) is 123 cm³/mol. The number of nitrogens with one attached hydrogen (secondary N) is 1. The summed E-state index contributed by atoms with van der Waals surface area (Å²) in [5.41, 5.74) is 0.207. The Hall–Kier alpha value is -3.17. The molecule has 2 rings (SSSR count). The van der Waals surface area contributed by atoms with Crippen molar-refractivity contribution in [3.05, 3.63) is 29.5 Å². The number of carbonyl (C=O) groups excluding carboxylic acids is 1. The van der Waals surface area contributed by atoms with Gasteiger partial charge in [-0.25, -0.2) is 8.78 Å². The van der Waals surface area contributed by atoms with E-state index >= 15 is 0 Å². The number of carboxylic acids is 1. The number of carbonyl (C=O) groups is 2. The molecular formula is C24H33F2N3O5. The number of hydrogen-bond donors (Lipinski definition) is 2. The number of aromatic nitrogens is 2. The summed E-state index contributed by atoms with van der Waals surface area (Å²) < 4.78 is 41.1. The van der Waals surface area contributed by atoms with Gasteiger partial charge in [0.2, 0.25) is 0 Å². The third kappa shape index (κ3) is 6.03. The van der Waals surface area contributed by atoms with Gasteiger partial charge in [-0.2, -0.15) is 5.10 Å². The first kappa shape index (κ1) is 27.1. The molecule has 1 unspecified atom stereocenters. The molecule has 0 aliphatic rings. The van der Waals surface area contributed by atoms with Crippen molar-refractivity contribution in [3.8, 4) is 22.8 Å². The van der Waals surface area contributed by atoms with Crippen molar-refractivity contribution in [2.24, 2.45) is 11.8 Å². The van der Waals surface area contributed by atoms with E-state index in [2.05, 4.69) is 10.4 Å². The minimum atomic E-state index is -1.03. The van der Waals surface area contributed by atoms with Gasteiger partial charge in [0, 0.05) is 12.1 Å². The number of benzene rings is 1. The molecule has 1 amide bonds. The van der Waals surface area contributed by atoms with Crippen LogP contribution in [0.2, 0.25) is 0 Å². The van der Waals surface area contributed by atoms with Gasteiger partial charge in [0.25, 0.3) is 5.91 Å². The van der Waals surface area contributed by atoms with Crippen molar-refractivity contribution in [2.75, 3.05) is 14.2 Å². The smallest absolute Gasteiger partial charge is 0.305 e.